The van der Waals surface area contributed by atoms with Crippen LogP contribution in [-0.2, 0) is 17.1 Å². The second-order valence-electron chi connectivity index (χ2n) is 4.33. The molecule has 0 atom stereocenters. The quantitative estimate of drug-likeness (QED) is 0.752. The molecular weight excluding hydrogens is 228 g/mol. The Hall–Kier alpha value is -0.920. The first-order valence-corrected chi connectivity index (χ1v) is 6.68. The van der Waals surface area contributed by atoms with Crippen molar-refractivity contribution in [3.8, 4) is 0 Å². The van der Waals surface area contributed by atoms with Crippen molar-refractivity contribution in [3.63, 3.8) is 0 Å². The maximum absolute atomic E-state index is 11.9. The Bertz CT molecular complexity index is 475. The van der Waals surface area contributed by atoms with Gasteiger partial charge in [-0.3, -0.25) is 4.68 Å². The summed E-state index contributed by atoms with van der Waals surface area (Å²) >= 11 is 0. The second kappa shape index (κ2) is 3.83. The van der Waals surface area contributed by atoms with E-state index < -0.39 is 10.0 Å². The van der Waals surface area contributed by atoms with E-state index in [0.717, 1.165) is 19.3 Å². The van der Waals surface area contributed by atoms with Gasteiger partial charge in [0.05, 0.1) is 6.20 Å². The van der Waals surface area contributed by atoms with Crippen LogP contribution in [0.1, 0.15) is 19.3 Å². The number of aryl methyl sites for hydroxylation is 1. The Kier molecular flexibility index (Phi) is 2.77. The zero-order valence-corrected chi connectivity index (χ0v) is 10.00. The lowest BCUT2D eigenvalue weighted by molar-refractivity contribution is 0.251. The number of nitrogens with two attached hydrogens (primary N) is 1. The summed E-state index contributed by atoms with van der Waals surface area (Å²) < 4.78 is 27.6. The summed E-state index contributed by atoms with van der Waals surface area (Å²) in [7, 11) is -1.89. The second-order valence-corrected chi connectivity index (χ2v) is 6.05. The minimum atomic E-state index is -3.49. The third-order valence-corrected chi connectivity index (χ3v) is 4.49. The van der Waals surface area contributed by atoms with Crippen LogP contribution in [0.5, 0.6) is 0 Å². The average Bonchev–Trinajstić information content (AvgIpc) is 2.59. The molecular formula is C9H16N4O2S. The van der Waals surface area contributed by atoms with Gasteiger partial charge in [-0.2, -0.15) is 5.10 Å². The van der Waals surface area contributed by atoms with Crippen LogP contribution < -0.4 is 10.5 Å². The number of hydrogen-bond acceptors (Lipinski definition) is 4. The van der Waals surface area contributed by atoms with E-state index in [0.29, 0.717) is 6.54 Å². The third kappa shape index (κ3) is 2.11. The van der Waals surface area contributed by atoms with Crippen LogP contribution in [0.25, 0.3) is 0 Å². The van der Waals surface area contributed by atoms with Gasteiger partial charge in [0.2, 0.25) is 0 Å². The van der Waals surface area contributed by atoms with E-state index in [1.54, 1.807) is 7.05 Å². The van der Waals surface area contributed by atoms with E-state index in [1.165, 1.54) is 16.9 Å². The molecule has 0 spiro atoms. The summed E-state index contributed by atoms with van der Waals surface area (Å²) in [5, 5.41) is 3.99. The standard InChI is InChI=1S/C9H16N4O2S/c1-13-8(3-6-11-13)16(14,15)12-7-9(10)4-2-5-9/h3,6,12H,2,4-5,7,10H2,1H3. The highest BCUT2D eigenvalue weighted by Crippen LogP contribution is 2.28. The molecule has 1 aliphatic rings. The number of hydrogen-bond donors (Lipinski definition) is 2. The minimum absolute atomic E-state index is 0.162. The topological polar surface area (TPSA) is 90.0 Å². The van der Waals surface area contributed by atoms with Crippen molar-refractivity contribution in [2.45, 2.75) is 29.8 Å². The third-order valence-electron chi connectivity index (χ3n) is 3.01. The molecule has 1 fully saturated rings. The van der Waals surface area contributed by atoms with Crippen molar-refractivity contribution in [2.24, 2.45) is 12.8 Å². The fraction of sp³-hybridized carbons (Fsp3) is 0.667. The Labute approximate surface area is 94.9 Å². The summed E-state index contributed by atoms with van der Waals surface area (Å²) in [5.74, 6) is 0. The Balaban J connectivity index is 2.06. The van der Waals surface area contributed by atoms with Gasteiger partial charge < -0.3 is 5.73 Å². The van der Waals surface area contributed by atoms with Gasteiger partial charge in [-0.15, -0.1) is 0 Å². The molecule has 16 heavy (non-hydrogen) atoms. The Morgan fingerprint density at radius 3 is 2.75 bits per heavy atom. The normalized spacial score (nSPS) is 19.4. The molecule has 7 heteroatoms. The van der Waals surface area contributed by atoms with Crippen LogP contribution in [0.15, 0.2) is 17.3 Å². The van der Waals surface area contributed by atoms with Crippen LogP contribution >= 0.6 is 0 Å². The minimum Gasteiger partial charge on any atom is -0.324 e. The molecule has 1 aliphatic carbocycles. The van der Waals surface area contributed by atoms with Gasteiger partial charge in [0.1, 0.15) is 0 Å². The molecule has 1 aromatic rings. The van der Waals surface area contributed by atoms with Gasteiger partial charge in [-0.05, 0) is 25.3 Å². The van der Waals surface area contributed by atoms with Crippen molar-refractivity contribution in [3.05, 3.63) is 12.3 Å². The van der Waals surface area contributed by atoms with Crippen molar-refractivity contribution >= 4 is 10.0 Å². The van der Waals surface area contributed by atoms with Gasteiger partial charge in [-0.25, -0.2) is 13.1 Å². The van der Waals surface area contributed by atoms with Gasteiger partial charge >= 0.3 is 0 Å². The first-order valence-electron chi connectivity index (χ1n) is 5.20. The van der Waals surface area contributed by atoms with E-state index in [9.17, 15) is 8.42 Å². The summed E-state index contributed by atoms with van der Waals surface area (Å²) in [6, 6.07) is 1.46. The van der Waals surface area contributed by atoms with Gasteiger partial charge in [-0.1, -0.05) is 0 Å². The fourth-order valence-corrected chi connectivity index (χ4v) is 3.01. The summed E-state index contributed by atoms with van der Waals surface area (Å²) in [4.78, 5) is 0. The van der Waals surface area contributed by atoms with E-state index in [1.807, 2.05) is 0 Å². The molecule has 0 amide bonds. The maximum atomic E-state index is 11.9. The maximum Gasteiger partial charge on any atom is 0.257 e. The molecule has 1 aromatic heterocycles. The molecule has 90 valence electrons. The molecule has 6 nitrogen and oxygen atoms in total. The lowest BCUT2D eigenvalue weighted by Crippen LogP contribution is -2.54. The number of sulfonamides is 1. The zero-order chi connectivity index (χ0) is 11.8. The number of nitrogens with zero attached hydrogens (tertiary/aromatic N) is 2. The van der Waals surface area contributed by atoms with Crippen molar-refractivity contribution in [1.29, 1.82) is 0 Å². The lowest BCUT2D eigenvalue weighted by Gasteiger charge is -2.37. The van der Waals surface area contributed by atoms with E-state index >= 15 is 0 Å². The van der Waals surface area contributed by atoms with Crippen LogP contribution in [0.2, 0.25) is 0 Å². The first-order chi connectivity index (χ1) is 7.43. The van der Waals surface area contributed by atoms with Crippen molar-refractivity contribution in [1.82, 2.24) is 14.5 Å². The Morgan fingerprint density at radius 2 is 2.31 bits per heavy atom. The van der Waals surface area contributed by atoms with E-state index in [4.69, 9.17) is 5.73 Å². The number of rotatable bonds is 4. The average molecular weight is 244 g/mol. The highest BCUT2D eigenvalue weighted by atomic mass is 32.2. The Morgan fingerprint density at radius 1 is 1.62 bits per heavy atom. The van der Waals surface area contributed by atoms with Gasteiger partial charge in [0.15, 0.2) is 5.03 Å². The SMILES string of the molecule is Cn1nccc1S(=O)(=O)NCC1(N)CCC1. The predicted octanol–water partition coefficient (Wildman–Crippen LogP) is -0.420. The monoisotopic (exact) mass is 244 g/mol. The first kappa shape index (κ1) is 11.6. The molecule has 0 radical (unpaired) electrons. The van der Waals surface area contributed by atoms with E-state index in [-0.39, 0.29) is 10.6 Å². The highest BCUT2D eigenvalue weighted by molar-refractivity contribution is 7.89. The molecule has 0 aliphatic heterocycles. The largest absolute Gasteiger partial charge is 0.324 e. The lowest BCUT2D eigenvalue weighted by atomic mass is 9.78. The summed E-state index contributed by atoms with van der Waals surface area (Å²) in [5.41, 5.74) is 5.60. The van der Waals surface area contributed by atoms with Crippen LogP contribution in [0.3, 0.4) is 0 Å². The molecule has 0 aromatic carbocycles. The molecule has 0 saturated heterocycles. The van der Waals surface area contributed by atoms with Crippen molar-refractivity contribution in [2.75, 3.05) is 6.54 Å². The molecule has 2 rings (SSSR count). The molecule has 0 unspecified atom stereocenters. The summed E-state index contributed by atoms with van der Waals surface area (Å²) in [6.45, 7) is 0.292. The number of nitrogens with one attached hydrogen (secondary N) is 1. The van der Waals surface area contributed by atoms with Crippen LogP contribution in [-0.4, -0.2) is 30.3 Å². The van der Waals surface area contributed by atoms with Crippen molar-refractivity contribution < 1.29 is 8.42 Å². The molecule has 1 saturated carbocycles. The van der Waals surface area contributed by atoms with Crippen LogP contribution in [0, 0.1) is 0 Å². The predicted molar refractivity (Wildman–Crippen MR) is 59.2 cm³/mol. The summed E-state index contributed by atoms with van der Waals surface area (Å²) in [6.07, 6.45) is 4.28. The molecule has 3 N–H and O–H groups in total. The molecule has 0 bridgehead atoms. The fourth-order valence-electron chi connectivity index (χ4n) is 1.75. The number of aromatic nitrogens is 2. The van der Waals surface area contributed by atoms with E-state index in [2.05, 4.69) is 9.82 Å². The van der Waals surface area contributed by atoms with Gasteiger partial charge in [0, 0.05) is 19.1 Å². The molecule has 1 heterocycles. The van der Waals surface area contributed by atoms with Crippen LogP contribution in [0.4, 0.5) is 0 Å². The smallest absolute Gasteiger partial charge is 0.257 e. The highest BCUT2D eigenvalue weighted by Gasteiger charge is 2.34. The zero-order valence-electron chi connectivity index (χ0n) is 9.18. The van der Waals surface area contributed by atoms with Gasteiger partial charge in [0.25, 0.3) is 10.0 Å².